The van der Waals surface area contributed by atoms with Crippen molar-refractivity contribution in [3.05, 3.63) is 29.7 Å². The van der Waals surface area contributed by atoms with Gasteiger partial charge in [0.15, 0.2) is 0 Å². The molecule has 1 aliphatic rings. The molecular formula is C17H21ClN4O. The Morgan fingerprint density at radius 1 is 1.09 bits per heavy atom. The van der Waals surface area contributed by atoms with Gasteiger partial charge in [0.25, 0.3) is 0 Å². The summed E-state index contributed by atoms with van der Waals surface area (Å²) in [6, 6.07) is 2.26. The Morgan fingerprint density at radius 3 is 2.43 bits per heavy atom. The summed E-state index contributed by atoms with van der Waals surface area (Å²) in [5.74, 6) is 2.02. The number of rotatable bonds is 4. The van der Waals surface area contributed by atoms with Crippen LogP contribution < -0.4 is 10.1 Å². The van der Waals surface area contributed by atoms with Crippen molar-refractivity contribution in [3.8, 4) is 17.0 Å². The maximum atomic E-state index is 6.21. The Bertz CT molecular complexity index is 654. The van der Waals surface area contributed by atoms with E-state index in [0.29, 0.717) is 22.9 Å². The summed E-state index contributed by atoms with van der Waals surface area (Å²) in [4.78, 5) is 12.9. The third kappa shape index (κ3) is 3.91. The predicted octanol–water partition coefficient (Wildman–Crippen LogP) is 4.19. The molecule has 23 heavy (non-hydrogen) atoms. The highest BCUT2D eigenvalue weighted by Crippen LogP contribution is 2.30. The van der Waals surface area contributed by atoms with Crippen LogP contribution in [-0.2, 0) is 0 Å². The van der Waals surface area contributed by atoms with Gasteiger partial charge in [-0.1, -0.05) is 18.5 Å². The molecule has 6 heteroatoms. The maximum Gasteiger partial charge on any atom is 0.222 e. The van der Waals surface area contributed by atoms with E-state index in [9.17, 15) is 0 Å². The number of methoxy groups -OCH3 is 1. The number of pyridine rings is 1. The summed E-state index contributed by atoms with van der Waals surface area (Å²) in [5, 5.41) is 3.98. The molecule has 0 amide bonds. The van der Waals surface area contributed by atoms with Gasteiger partial charge < -0.3 is 10.1 Å². The van der Waals surface area contributed by atoms with E-state index in [1.807, 2.05) is 0 Å². The number of anilines is 1. The van der Waals surface area contributed by atoms with Crippen LogP contribution in [0.1, 0.15) is 32.6 Å². The molecule has 1 aliphatic carbocycles. The topological polar surface area (TPSA) is 59.9 Å². The minimum absolute atomic E-state index is 0.474. The fraction of sp³-hybridized carbons (Fsp3) is 0.471. The van der Waals surface area contributed by atoms with Gasteiger partial charge in [-0.2, -0.15) is 0 Å². The van der Waals surface area contributed by atoms with Crippen molar-refractivity contribution in [1.29, 1.82) is 0 Å². The first kappa shape index (κ1) is 16.0. The predicted molar refractivity (Wildman–Crippen MR) is 91.9 cm³/mol. The highest BCUT2D eigenvalue weighted by atomic mass is 35.5. The van der Waals surface area contributed by atoms with E-state index >= 15 is 0 Å². The van der Waals surface area contributed by atoms with Gasteiger partial charge in [-0.15, -0.1) is 0 Å². The van der Waals surface area contributed by atoms with Gasteiger partial charge in [0.2, 0.25) is 11.8 Å². The molecule has 1 fully saturated rings. The van der Waals surface area contributed by atoms with Gasteiger partial charge in [0.05, 0.1) is 18.3 Å². The zero-order valence-corrected chi connectivity index (χ0v) is 14.2. The molecular weight excluding hydrogens is 312 g/mol. The van der Waals surface area contributed by atoms with Crippen molar-refractivity contribution in [2.75, 3.05) is 12.4 Å². The van der Waals surface area contributed by atoms with Crippen molar-refractivity contribution in [2.45, 2.75) is 38.6 Å². The van der Waals surface area contributed by atoms with Crippen molar-refractivity contribution in [3.63, 3.8) is 0 Å². The Kier molecular flexibility index (Phi) is 4.96. The second kappa shape index (κ2) is 7.13. The Hall–Kier alpha value is -1.88. The Labute approximate surface area is 141 Å². The molecule has 0 spiro atoms. The average molecular weight is 333 g/mol. The van der Waals surface area contributed by atoms with Crippen LogP contribution in [0.4, 0.5) is 5.95 Å². The normalized spacial score (nSPS) is 21.0. The molecule has 1 N–H and O–H groups in total. The number of nitrogens with zero attached hydrogens (tertiary/aromatic N) is 3. The minimum Gasteiger partial charge on any atom is -0.481 e. The lowest BCUT2D eigenvalue weighted by atomic mass is 9.87. The van der Waals surface area contributed by atoms with Crippen molar-refractivity contribution in [2.24, 2.45) is 5.92 Å². The number of ether oxygens (including phenoxy) is 1. The number of halogens is 1. The molecule has 0 saturated heterocycles. The van der Waals surface area contributed by atoms with E-state index in [1.165, 1.54) is 25.7 Å². The third-order valence-corrected chi connectivity index (χ3v) is 4.65. The molecule has 2 heterocycles. The van der Waals surface area contributed by atoms with Crippen molar-refractivity contribution >= 4 is 17.5 Å². The van der Waals surface area contributed by atoms with Crippen LogP contribution in [0, 0.1) is 5.92 Å². The molecule has 0 radical (unpaired) electrons. The summed E-state index contributed by atoms with van der Waals surface area (Å²) in [6.07, 6.45) is 10.0. The SMILES string of the molecule is COc1cc(-c2cnc(NC3CCC(C)CC3)nc2)c(Cl)cn1. The molecule has 0 atom stereocenters. The minimum atomic E-state index is 0.474. The standard InChI is InChI=1S/C17H21ClN4O/c1-11-3-5-13(6-4-11)22-17-20-8-12(9-21-17)14-7-16(23-2)19-10-15(14)18/h7-11,13H,3-6H2,1-2H3,(H,20,21,22). The van der Waals surface area contributed by atoms with E-state index in [0.717, 1.165) is 17.0 Å². The Balaban J connectivity index is 1.72. The number of hydrogen-bond donors (Lipinski definition) is 1. The molecule has 0 aromatic carbocycles. The first-order valence-electron chi connectivity index (χ1n) is 7.94. The van der Waals surface area contributed by atoms with E-state index < -0.39 is 0 Å². The van der Waals surface area contributed by atoms with Crippen LogP contribution >= 0.6 is 11.6 Å². The molecule has 3 rings (SSSR count). The first-order chi connectivity index (χ1) is 11.2. The summed E-state index contributed by atoms with van der Waals surface area (Å²) < 4.78 is 5.14. The van der Waals surface area contributed by atoms with Gasteiger partial charge in [-0.05, 0) is 31.6 Å². The summed E-state index contributed by atoms with van der Waals surface area (Å²) in [7, 11) is 1.58. The van der Waals surface area contributed by atoms with Crippen LogP contribution in [-0.4, -0.2) is 28.1 Å². The fourth-order valence-corrected chi connectivity index (χ4v) is 3.09. The van der Waals surface area contributed by atoms with Crippen LogP contribution in [0.15, 0.2) is 24.7 Å². The first-order valence-corrected chi connectivity index (χ1v) is 8.32. The molecule has 5 nitrogen and oxygen atoms in total. The molecule has 2 aromatic rings. The lowest BCUT2D eigenvalue weighted by Gasteiger charge is -2.26. The molecule has 122 valence electrons. The molecule has 2 aromatic heterocycles. The number of nitrogens with one attached hydrogen (secondary N) is 1. The quantitative estimate of drug-likeness (QED) is 0.909. The smallest absolute Gasteiger partial charge is 0.222 e. The maximum absolute atomic E-state index is 6.21. The van der Waals surface area contributed by atoms with Gasteiger partial charge in [-0.3, -0.25) is 0 Å². The summed E-state index contributed by atoms with van der Waals surface area (Å²) in [6.45, 7) is 2.31. The highest BCUT2D eigenvalue weighted by Gasteiger charge is 2.18. The zero-order valence-electron chi connectivity index (χ0n) is 13.4. The van der Waals surface area contributed by atoms with Gasteiger partial charge >= 0.3 is 0 Å². The largest absolute Gasteiger partial charge is 0.481 e. The van der Waals surface area contributed by atoms with Crippen LogP contribution in [0.3, 0.4) is 0 Å². The highest BCUT2D eigenvalue weighted by molar-refractivity contribution is 6.33. The summed E-state index contributed by atoms with van der Waals surface area (Å²) >= 11 is 6.21. The van der Waals surface area contributed by atoms with E-state index in [1.54, 1.807) is 31.8 Å². The van der Waals surface area contributed by atoms with Crippen molar-refractivity contribution in [1.82, 2.24) is 15.0 Å². The number of hydrogen-bond acceptors (Lipinski definition) is 5. The lowest BCUT2D eigenvalue weighted by Crippen LogP contribution is -2.26. The second-order valence-electron chi connectivity index (χ2n) is 6.10. The average Bonchev–Trinajstić information content (AvgIpc) is 2.58. The monoisotopic (exact) mass is 332 g/mol. The second-order valence-corrected chi connectivity index (χ2v) is 6.51. The molecule has 0 aliphatic heterocycles. The van der Waals surface area contributed by atoms with E-state index in [4.69, 9.17) is 16.3 Å². The van der Waals surface area contributed by atoms with Crippen LogP contribution in [0.2, 0.25) is 5.02 Å². The molecule has 1 saturated carbocycles. The Morgan fingerprint density at radius 2 is 1.78 bits per heavy atom. The summed E-state index contributed by atoms with van der Waals surface area (Å²) in [5.41, 5.74) is 1.66. The fourth-order valence-electron chi connectivity index (χ4n) is 2.88. The van der Waals surface area contributed by atoms with Crippen LogP contribution in [0.5, 0.6) is 5.88 Å². The van der Waals surface area contributed by atoms with Gasteiger partial charge in [0, 0.05) is 35.6 Å². The lowest BCUT2D eigenvalue weighted by molar-refractivity contribution is 0.360. The van der Waals surface area contributed by atoms with E-state index in [-0.39, 0.29) is 0 Å². The third-order valence-electron chi connectivity index (χ3n) is 4.35. The zero-order chi connectivity index (χ0) is 16.2. The number of aromatic nitrogens is 3. The van der Waals surface area contributed by atoms with E-state index in [2.05, 4.69) is 27.2 Å². The van der Waals surface area contributed by atoms with Crippen molar-refractivity contribution < 1.29 is 4.74 Å². The molecule has 0 unspecified atom stereocenters. The van der Waals surface area contributed by atoms with Gasteiger partial charge in [-0.25, -0.2) is 15.0 Å². The van der Waals surface area contributed by atoms with Crippen LogP contribution in [0.25, 0.3) is 11.1 Å². The molecule has 0 bridgehead atoms. The van der Waals surface area contributed by atoms with Gasteiger partial charge in [0.1, 0.15) is 0 Å².